The van der Waals surface area contributed by atoms with E-state index < -0.39 is 0 Å². The van der Waals surface area contributed by atoms with Crippen molar-refractivity contribution < 1.29 is 4.39 Å². The normalized spacial score (nSPS) is 9.92. The van der Waals surface area contributed by atoms with Gasteiger partial charge in [-0.15, -0.1) is 0 Å². The Morgan fingerprint density at radius 3 is 2.75 bits per heavy atom. The van der Waals surface area contributed by atoms with Gasteiger partial charge in [-0.25, -0.2) is 4.39 Å². The number of hydrogen-bond acceptors (Lipinski definition) is 1. The Balaban J connectivity index is 3.09. The minimum absolute atomic E-state index is 0.325. The molecule has 1 aromatic carbocycles. The third-order valence-electron chi connectivity index (χ3n) is 1.56. The summed E-state index contributed by atoms with van der Waals surface area (Å²) < 4.78 is 12.6. The van der Waals surface area contributed by atoms with Crippen LogP contribution < -0.4 is 5.73 Å². The molecule has 1 aromatic rings. The molecule has 3 heteroatoms. The first-order valence-electron chi connectivity index (χ1n) is 3.48. The Bertz CT molecular complexity index is 309. The van der Waals surface area contributed by atoms with Crippen molar-refractivity contribution in [2.45, 2.75) is 0 Å². The highest BCUT2D eigenvalue weighted by molar-refractivity contribution is 6.32. The van der Waals surface area contributed by atoms with Gasteiger partial charge in [-0.1, -0.05) is 24.2 Å². The second kappa shape index (κ2) is 3.70. The molecule has 0 heterocycles. The monoisotopic (exact) mass is 185 g/mol. The lowest BCUT2D eigenvalue weighted by Crippen LogP contribution is -2.01. The van der Waals surface area contributed by atoms with Gasteiger partial charge < -0.3 is 5.73 Å². The molecule has 64 valence electrons. The molecule has 0 saturated heterocycles. The number of halogens is 2. The van der Waals surface area contributed by atoms with Crippen LogP contribution in [0.15, 0.2) is 24.8 Å². The molecule has 1 rings (SSSR count). The average molecular weight is 186 g/mol. The van der Waals surface area contributed by atoms with E-state index in [0.717, 1.165) is 0 Å². The van der Waals surface area contributed by atoms with Crippen LogP contribution in [-0.4, -0.2) is 6.54 Å². The van der Waals surface area contributed by atoms with Crippen molar-refractivity contribution in [3.63, 3.8) is 0 Å². The largest absolute Gasteiger partial charge is 0.326 e. The molecule has 12 heavy (non-hydrogen) atoms. The highest BCUT2D eigenvalue weighted by Gasteiger charge is 2.03. The first-order chi connectivity index (χ1) is 5.65. The van der Waals surface area contributed by atoms with Gasteiger partial charge in [-0.05, 0) is 23.3 Å². The number of benzene rings is 1. The Morgan fingerprint density at radius 1 is 1.58 bits per heavy atom. The van der Waals surface area contributed by atoms with E-state index in [2.05, 4.69) is 6.58 Å². The van der Waals surface area contributed by atoms with Crippen LogP contribution in [0.25, 0.3) is 5.57 Å². The maximum Gasteiger partial charge on any atom is 0.124 e. The van der Waals surface area contributed by atoms with Gasteiger partial charge >= 0.3 is 0 Å². The highest BCUT2D eigenvalue weighted by atomic mass is 35.5. The summed E-state index contributed by atoms with van der Waals surface area (Å²) in [6, 6.07) is 4.16. The van der Waals surface area contributed by atoms with Crippen LogP contribution in [0.2, 0.25) is 5.02 Å². The van der Waals surface area contributed by atoms with Crippen molar-refractivity contribution in [3.8, 4) is 0 Å². The molecular weight excluding hydrogens is 177 g/mol. The van der Waals surface area contributed by atoms with Gasteiger partial charge in [0.25, 0.3) is 0 Å². The predicted octanol–water partition coefficient (Wildman–Crippen LogP) is 2.45. The van der Waals surface area contributed by atoms with Crippen LogP contribution in [0.1, 0.15) is 5.56 Å². The SMILES string of the molecule is C=C(CN)c1ccc(F)cc1Cl. The van der Waals surface area contributed by atoms with Gasteiger partial charge in [-0.3, -0.25) is 0 Å². The van der Waals surface area contributed by atoms with Crippen molar-refractivity contribution >= 4 is 17.2 Å². The van der Waals surface area contributed by atoms with Gasteiger partial charge in [0.15, 0.2) is 0 Å². The lowest BCUT2D eigenvalue weighted by molar-refractivity contribution is 0.628. The van der Waals surface area contributed by atoms with E-state index in [4.69, 9.17) is 17.3 Å². The van der Waals surface area contributed by atoms with Crippen molar-refractivity contribution in [2.75, 3.05) is 6.54 Å². The molecular formula is C9H9ClFN. The van der Waals surface area contributed by atoms with E-state index in [0.29, 0.717) is 22.7 Å². The number of rotatable bonds is 2. The minimum atomic E-state index is -0.353. The second-order valence-electron chi connectivity index (χ2n) is 2.43. The van der Waals surface area contributed by atoms with Crippen LogP contribution >= 0.6 is 11.6 Å². The quantitative estimate of drug-likeness (QED) is 0.753. The first-order valence-corrected chi connectivity index (χ1v) is 3.86. The van der Waals surface area contributed by atoms with E-state index in [9.17, 15) is 4.39 Å². The molecule has 0 aliphatic carbocycles. The Labute approximate surface area is 75.6 Å². The van der Waals surface area contributed by atoms with Crippen LogP contribution in [-0.2, 0) is 0 Å². The van der Waals surface area contributed by atoms with E-state index in [1.165, 1.54) is 12.1 Å². The average Bonchev–Trinajstić information content (AvgIpc) is 2.03. The summed E-state index contributed by atoms with van der Waals surface area (Å²) in [7, 11) is 0. The molecule has 0 aliphatic rings. The molecule has 0 radical (unpaired) electrons. The summed E-state index contributed by atoms with van der Waals surface area (Å²) in [5.74, 6) is -0.353. The molecule has 0 aromatic heterocycles. The Hall–Kier alpha value is -0.860. The molecule has 1 nitrogen and oxygen atoms in total. The zero-order valence-corrected chi connectivity index (χ0v) is 7.24. The van der Waals surface area contributed by atoms with Gasteiger partial charge in [0.1, 0.15) is 5.82 Å². The zero-order chi connectivity index (χ0) is 9.14. The van der Waals surface area contributed by atoms with Crippen molar-refractivity contribution in [1.29, 1.82) is 0 Å². The van der Waals surface area contributed by atoms with Crippen LogP contribution in [0.4, 0.5) is 4.39 Å². The molecule has 0 atom stereocenters. The summed E-state index contributed by atoms with van der Waals surface area (Å²) in [5.41, 5.74) is 6.78. The molecule has 0 amide bonds. The fourth-order valence-electron chi connectivity index (χ4n) is 0.886. The second-order valence-corrected chi connectivity index (χ2v) is 2.84. The van der Waals surface area contributed by atoms with Crippen LogP contribution in [0.3, 0.4) is 0 Å². The van der Waals surface area contributed by atoms with Gasteiger partial charge in [-0.2, -0.15) is 0 Å². The van der Waals surface area contributed by atoms with E-state index in [-0.39, 0.29) is 5.82 Å². The summed E-state index contributed by atoms with van der Waals surface area (Å²) in [6.07, 6.45) is 0. The van der Waals surface area contributed by atoms with Gasteiger partial charge in [0.2, 0.25) is 0 Å². The van der Waals surface area contributed by atoms with Crippen LogP contribution in [0.5, 0.6) is 0 Å². The molecule has 0 saturated carbocycles. The topological polar surface area (TPSA) is 26.0 Å². The smallest absolute Gasteiger partial charge is 0.124 e. The molecule has 2 N–H and O–H groups in total. The third kappa shape index (κ3) is 1.84. The van der Waals surface area contributed by atoms with Crippen LogP contribution in [0, 0.1) is 5.82 Å². The lowest BCUT2D eigenvalue weighted by atomic mass is 10.1. The molecule has 0 bridgehead atoms. The molecule has 0 unspecified atom stereocenters. The zero-order valence-electron chi connectivity index (χ0n) is 6.48. The standard InChI is InChI=1S/C9H9ClFN/c1-6(5-12)8-3-2-7(11)4-9(8)10/h2-4H,1,5,12H2. The maximum absolute atomic E-state index is 12.6. The third-order valence-corrected chi connectivity index (χ3v) is 1.87. The Morgan fingerprint density at radius 2 is 2.25 bits per heavy atom. The first kappa shape index (κ1) is 9.23. The Kier molecular flexibility index (Phi) is 2.84. The van der Waals surface area contributed by atoms with Gasteiger partial charge in [0, 0.05) is 6.54 Å². The van der Waals surface area contributed by atoms with E-state index >= 15 is 0 Å². The number of nitrogens with two attached hydrogens (primary N) is 1. The van der Waals surface area contributed by atoms with E-state index in [1.807, 2.05) is 0 Å². The summed E-state index contributed by atoms with van der Waals surface area (Å²) in [4.78, 5) is 0. The molecule has 0 fully saturated rings. The highest BCUT2D eigenvalue weighted by Crippen LogP contribution is 2.22. The lowest BCUT2D eigenvalue weighted by Gasteiger charge is -2.04. The molecule has 0 spiro atoms. The predicted molar refractivity (Wildman–Crippen MR) is 49.5 cm³/mol. The summed E-state index contributed by atoms with van der Waals surface area (Å²) >= 11 is 5.75. The van der Waals surface area contributed by atoms with Gasteiger partial charge in [0.05, 0.1) is 5.02 Å². The van der Waals surface area contributed by atoms with Crippen molar-refractivity contribution in [3.05, 3.63) is 41.2 Å². The summed E-state index contributed by atoms with van der Waals surface area (Å²) in [5, 5.41) is 0.352. The van der Waals surface area contributed by atoms with Crippen molar-refractivity contribution in [2.24, 2.45) is 5.73 Å². The molecule has 0 aliphatic heterocycles. The fraction of sp³-hybridized carbons (Fsp3) is 0.111. The minimum Gasteiger partial charge on any atom is -0.326 e. The number of hydrogen-bond donors (Lipinski definition) is 1. The van der Waals surface area contributed by atoms with Crippen molar-refractivity contribution in [1.82, 2.24) is 0 Å². The summed E-state index contributed by atoms with van der Waals surface area (Å²) in [6.45, 7) is 4.03. The van der Waals surface area contributed by atoms with E-state index in [1.54, 1.807) is 6.07 Å². The fourth-order valence-corrected chi connectivity index (χ4v) is 1.19. The maximum atomic E-state index is 12.6.